The summed E-state index contributed by atoms with van der Waals surface area (Å²) in [4.78, 5) is 26.0. The number of amides is 1. The van der Waals surface area contributed by atoms with E-state index in [9.17, 15) is 4.79 Å². The molecule has 5 nitrogen and oxygen atoms in total. The maximum Gasteiger partial charge on any atom is 0.222 e. The van der Waals surface area contributed by atoms with Gasteiger partial charge in [-0.1, -0.05) is 37.6 Å². The van der Waals surface area contributed by atoms with Gasteiger partial charge in [0, 0.05) is 55.3 Å². The Morgan fingerprint density at radius 3 is 2.43 bits per heavy atom. The number of benzene rings is 1. The third-order valence-corrected chi connectivity index (χ3v) is 5.35. The molecule has 1 aliphatic heterocycles. The standard InChI is InChI=1S/C22H29ClN4O/c1-16(2)22-24-17(3)15-20(25-22)26-11-13-27(14-12-26)21(28)6-4-5-18-7-9-19(23)10-8-18/h7-10,15-16H,4-6,11-14H2,1-3H3. The third-order valence-electron chi connectivity index (χ3n) is 5.10. The van der Waals surface area contributed by atoms with Gasteiger partial charge >= 0.3 is 0 Å². The second kappa shape index (κ2) is 9.37. The van der Waals surface area contributed by atoms with Gasteiger partial charge in [-0.15, -0.1) is 0 Å². The van der Waals surface area contributed by atoms with Gasteiger partial charge in [-0.25, -0.2) is 9.97 Å². The summed E-state index contributed by atoms with van der Waals surface area (Å²) in [5.74, 6) is 2.42. The largest absolute Gasteiger partial charge is 0.353 e. The molecule has 0 saturated carbocycles. The van der Waals surface area contributed by atoms with Gasteiger partial charge in [-0.05, 0) is 37.5 Å². The van der Waals surface area contributed by atoms with Crippen molar-refractivity contribution < 1.29 is 4.79 Å². The van der Waals surface area contributed by atoms with Crippen LogP contribution in [0.5, 0.6) is 0 Å². The van der Waals surface area contributed by atoms with Crippen LogP contribution in [0.1, 0.15) is 49.7 Å². The SMILES string of the molecule is Cc1cc(N2CCN(C(=O)CCCc3ccc(Cl)cc3)CC2)nc(C(C)C)n1. The van der Waals surface area contributed by atoms with Crippen LogP contribution in [0.3, 0.4) is 0 Å². The molecule has 1 amide bonds. The number of aryl methyl sites for hydroxylation is 2. The van der Waals surface area contributed by atoms with Crippen LogP contribution < -0.4 is 4.90 Å². The van der Waals surface area contributed by atoms with Crippen molar-refractivity contribution in [3.63, 3.8) is 0 Å². The summed E-state index contributed by atoms with van der Waals surface area (Å²) >= 11 is 5.91. The molecule has 1 saturated heterocycles. The molecule has 3 rings (SSSR count). The van der Waals surface area contributed by atoms with E-state index in [-0.39, 0.29) is 5.91 Å². The lowest BCUT2D eigenvalue weighted by Gasteiger charge is -2.35. The molecular weight excluding hydrogens is 372 g/mol. The number of anilines is 1. The van der Waals surface area contributed by atoms with Crippen molar-refractivity contribution in [2.75, 3.05) is 31.1 Å². The Morgan fingerprint density at radius 1 is 1.11 bits per heavy atom. The molecule has 6 heteroatoms. The molecule has 28 heavy (non-hydrogen) atoms. The normalized spacial score (nSPS) is 14.6. The first-order valence-corrected chi connectivity index (χ1v) is 10.4. The summed E-state index contributed by atoms with van der Waals surface area (Å²) < 4.78 is 0. The van der Waals surface area contributed by atoms with Crippen LogP contribution in [-0.2, 0) is 11.2 Å². The second-order valence-corrected chi connectivity index (χ2v) is 8.16. The Morgan fingerprint density at radius 2 is 1.79 bits per heavy atom. The van der Waals surface area contributed by atoms with Crippen LogP contribution in [-0.4, -0.2) is 47.0 Å². The van der Waals surface area contributed by atoms with E-state index in [2.05, 4.69) is 23.7 Å². The Kier molecular flexibility index (Phi) is 6.89. The quantitative estimate of drug-likeness (QED) is 0.727. The maximum atomic E-state index is 12.5. The van der Waals surface area contributed by atoms with Crippen LogP contribution in [0.2, 0.25) is 5.02 Å². The van der Waals surface area contributed by atoms with Gasteiger partial charge in [0.2, 0.25) is 5.91 Å². The Bertz CT molecular complexity index is 799. The van der Waals surface area contributed by atoms with Gasteiger partial charge in [0.1, 0.15) is 11.6 Å². The topological polar surface area (TPSA) is 49.3 Å². The average Bonchev–Trinajstić information content (AvgIpc) is 2.69. The van der Waals surface area contributed by atoms with Crippen molar-refractivity contribution in [2.24, 2.45) is 0 Å². The fourth-order valence-electron chi connectivity index (χ4n) is 3.43. The fraction of sp³-hybridized carbons (Fsp3) is 0.500. The van der Waals surface area contributed by atoms with Crippen LogP contribution in [0.15, 0.2) is 30.3 Å². The number of piperazine rings is 1. The van der Waals surface area contributed by atoms with Crippen LogP contribution in [0.25, 0.3) is 0 Å². The molecule has 0 radical (unpaired) electrons. The second-order valence-electron chi connectivity index (χ2n) is 7.73. The molecule has 1 aromatic carbocycles. The molecule has 1 aromatic heterocycles. The highest BCUT2D eigenvalue weighted by Gasteiger charge is 2.22. The lowest BCUT2D eigenvalue weighted by Crippen LogP contribution is -2.49. The Hall–Kier alpha value is -2.14. The van der Waals surface area contributed by atoms with Gasteiger partial charge < -0.3 is 9.80 Å². The zero-order chi connectivity index (χ0) is 20.1. The first-order chi connectivity index (χ1) is 13.4. The monoisotopic (exact) mass is 400 g/mol. The first kappa shape index (κ1) is 20.6. The molecule has 0 atom stereocenters. The van der Waals surface area contributed by atoms with E-state index in [4.69, 9.17) is 16.6 Å². The highest BCUT2D eigenvalue weighted by atomic mass is 35.5. The summed E-state index contributed by atoms with van der Waals surface area (Å²) in [6.45, 7) is 9.36. The number of aromatic nitrogens is 2. The third kappa shape index (κ3) is 5.44. The molecule has 0 aliphatic carbocycles. The predicted molar refractivity (Wildman–Crippen MR) is 114 cm³/mol. The van der Waals surface area contributed by atoms with Gasteiger partial charge in [-0.3, -0.25) is 4.79 Å². The molecule has 2 heterocycles. The number of rotatable bonds is 6. The molecule has 0 spiro atoms. The van der Waals surface area contributed by atoms with E-state index >= 15 is 0 Å². The van der Waals surface area contributed by atoms with E-state index in [0.29, 0.717) is 12.3 Å². The highest BCUT2D eigenvalue weighted by molar-refractivity contribution is 6.30. The number of halogens is 1. The number of carbonyl (C=O) groups excluding carboxylic acids is 1. The molecule has 150 valence electrons. The number of carbonyl (C=O) groups is 1. The van der Waals surface area contributed by atoms with Gasteiger partial charge in [0.05, 0.1) is 0 Å². The van der Waals surface area contributed by atoms with Crippen molar-refractivity contribution >= 4 is 23.3 Å². The van der Waals surface area contributed by atoms with E-state index in [1.807, 2.05) is 42.2 Å². The summed E-state index contributed by atoms with van der Waals surface area (Å²) in [5, 5.41) is 0.747. The van der Waals surface area contributed by atoms with E-state index in [1.165, 1.54) is 5.56 Å². The number of nitrogens with zero attached hydrogens (tertiary/aromatic N) is 4. The minimum atomic E-state index is 0.246. The molecule has 1 aliphatic rings. The zero-order valence-corrected chi connectivity index (χ0v) is 17.7. The summed E-state index contributed by atoms with van der Waals surface area (Å²) in [7, 11) is 0. The van der Waals surface area contributed by atoms with Crippen LogP contribution in [0.4, 0.5) is 5.82 Å². The maximum absolute atomic E-state index is 12.5. The minimum absolute atomic E-state index is 0.246. The molecule has 2 aromatic rings. The van der Waals surface area contributed by atoms with E-state index < -0.39 is 0 Å². The number of hydrogen-bond donors (Lipinski definition) is 0. The van der Waals surface area contributed by atoms with Crippen molar-refractivity contribution in [3.8, 4) is 0 Å². The zero-order valence-electron chi connectivity index (χ0n) is 17.0. The average molecular weight is 401 g/mol. The summed E-state index contributed by atoms with van der Waals surface area (Å²) in [5.41, 5.74) is 2.22. The first-order valence-electron chi connectivity index (χ1n) is 10.0. The summed E-state index contributed by atoms with van der Waals surface area (Å²) in [6.07, 6.45) is 2.36. The lowest BCUT2D eigenvalue weighted by atomic mass is 10.1. The van der Waals surface area contributed by atoms with Gasteiger partial charge in [-0.2, -0.15) is 0 Å². The smallest absolute Gasteiger partial charge is 0.222 e. The highest BCUT2D eigenvalue weighted by Crippen LogP contribution is 2.19. The fourth-order valence-corrected chi connectivity index (χ4v) is 3.56. The Labute approximate surface area is 172 Å². The predicted octanol–water partition coefficient (Wildman–Crippen LogP) is 4.23. The molecule has 1 fully saturated rings. The van der Waals surface area contributed by atoms with Crippen molar-refractivity contribution in [1.82, 2.24) is 14.9 Å². The lowest BCUT2D eigenvalue weighted by molar-refractivity contribution is -0.131. The van der Waals surface area contributed by atoms with E-state index in [1.54, 1.807) is 0 Å². The number of hydrogen-bond acceptors (Lipinski definition) is 4. The van der Waals surface area contributed by atoms with Gasteiger partial charge in [0.15, 0.2) is 0 Å². The van der Waals surface area contributed by atoms with Crippen LogP contribution >= 0.6 is 11.6 Å². The van der Waals surface area contributed by atoms with Crippen molar-refractivity contribution in [1.29, 1.82) is 0 Å². The molecule has 0 bridgehead atoms. The molecule has 0 N–H and O–H groups in total. The summed E-state index contributed by atoms with van der Waals surface area (Å²) in [6, 6.07) is 9.89. The van der Waals surface area contributed by atoms with E-state index in [0.717, 1.165) is 61.4 Å². The molecular formula is C22H29ClN4O. The van der Waals surface area contributed by atoms with Crippen molar-refractivity contribution in [2.45, 2.75) is 46.0 Å². The van der Waals surface area contributed by atoms with Crippen LogP contribution in [0, 0.1) is 6.92 Å². The Balaban J connectivity index is 1.48. The van der Waals surface area contributed by atoms with Crippen molar-refractivity contribution in [3.05, 3.63) is 52.4 Å². The van der Waals surface area contributed by atoms with Gasteiger partial charge in [0.25, 0.3) is 0 Å². The minimum Gasteiger partial charge on any atom is -0.353 e. The molecule has 0 unspecified atom stereocenters.